The van der Waals surface area contributed by atoms with Gasteiger partial charge in [-0.15, -0.1) is 11.3 Å². The summed E-state index contributed by atoms with van der Waals surface area (Å²) in [5, 5.41) is 0. The Morgan fingerprint density at radius 1 is 0.656 bits per heavy atom. The molecule has 0 aliphatic heterocycles. The number of hydrogen-bond acceptors (Lipinski definition) is 5. The summed E-state index contributed by atoms with van der Waals surface area (Å²) in [6.07, 6.45) is 0. The molecular weight excluding hydrogens is 462 g/mol. The van der Waals surface area contributed by atoms with Crippen molar-refractivity contribution >= 4 is 31.4 Å². The molecule has 0 amide bonds. The van der Waals surface area contributed by atoms with Crippen molar-refractivity contribution in [2.75, 3.05) is 0 Å². The van der Waals surface area contributed by atoms with Crippen LogP contribution in [-0.4, -0.2) is 20.5 Å². The van der Waals surface area contributed by atoms with Crippen LogP contribution in [0.1, 0.15) is 10.4 Å². The van der Waals surface area contributed by atoms with Crippen molar-refractivity contribution in [1.82, 2.24) is 3.71 Å². The predicted molar refractivity (Wildman–Crippen MR) is 127 cm³/mol. The Labute approximate surface area is 192 Å². The highest BCUT2D eigenvalue weighted by atomic mass is 32.3. The fourth-order valence-electron chi connectivity index (χ4n) is 3.18. The van der Waals surface area contributed by atoms with E-state index in [0.29, 0.717) is 8.59 Å². The third-order valence-electron chi connectivity index (χ3n) is 4.90. The zero-order valence-electron chi connectivity index (χ0n) is 17.2. The molecule has 1 aromatic heterocycles. The number of thiophene rings is 1. The Morgan fingerprint density at radius 2 is 1.16 bits per heavy atom. The molecule has 4 rings (SSSR count). The summed E-state index contributed by atoms with van der Waals surface area (Å²) < 4.78 is 54.3. The van der Waals surface area contributed by atoms with Crippen LogP contribution in [0, 0.1) is 6.92 Å². The Kier molecular flexibility index (Phi) is 6.30. The van der Waals surface area contributed by atoms with E-state index >= 15 is 0 Å². The van der Waals surface area contributed by atoms with Gasteiger partial charge >= 0.3 is 0 Å². The maximum absolute atomic E-state index is 13.4. The van der Waals surface area contributed by atoms with Crippen LogP contribution in [0.25, 0.3) is 10.4 Å². The molecule has 0 saturated carbocycles. The molecule has 0 bridgehead atoms. The molecule has 8 heteroatoms. The number of rotatable bonds is 7. The number of sulfonamides is 2. The summed E-state index contributed by atoms with van der Waals surface area (Å²) in [5.41, 5.74) is 2.13. The summed E-state index contributed by atoms with van der Waals surface area (Å²) in [7, 11) is -8.63. The van der Waals surface area contributed by atoms with Gasteiger partial charge < -0.3 is 0 Å². The van der Waals surface area contributed by atoms with Gasteiger partial charge in [-0.05, 0) is 48.9 Å². The number of hydrogen-bond donors (Lipinski definition) is 0. The monoisotopic (exact) mass is 483 g/mol. The van der Waals surface area contributed by atoms with E-state index in [2.05, 4.69) is 0 Å². The molecule has 0 unspecified atom stereocenters. The van der Waals surface area contributed by atoms with E-state index in [0.717, 1.165) is 16.0 Å². The Balaban J connectivity index is 1.76. The lowest BCUT2D eigenvalue weighted by Crippen LogP contribution is -2.36. The van der Waals surface area contributed by atoms with E-state index < -0.39 is 20.0 Å². The molecule has 3 aromatic carbocycles. The van der Waals surface area contributed by atoms with Crippen LogP contribution in [0.2, 0.25) is 0 Å². The zero-order valence-corrected chi connectivity index (χ0v) is 19.7. The van der Waals surface area contributed by atoms with Gasteiger partial charge in [0.15, 0.2) is 0 Å². The van der Waals surface area contributed by atoms with Gasteiger partial charge in [0.25, 0.3) is 20.0 Å². The maximum Gasteiger partial charge on any atom is 0.256 e. The lowest BCUT2D eigenvalue weighted by atomic mass is 10.1. The minimum atomic E-state index is -4.31. The van der Waals surface area contributed by atoms with Crippen LogP contribution in [0.4, 0.5) is 0 Å². The molecule has 0 spiro atoms. The summed E-state index contributed by atoms with van der Waals surface area (Å²) in [6.45, 7) is 1.72. The fraction of sp³-hybridized carbons (Fsp3) is 0.0833. The van der Waals surface area contributed by atoms with Gasteiger partial charge in [0.2, 0.25) is 0 Å². The Morgan fingerprint density at radius 3 is 1.66 bits per heavy atom. The van der Waals surface area contributed by atoms with Gasteiger partial charge in [0.05, 0.1) is 16.3 Å². The molecule has 0 N–H and O–H groups in total. The van der Waals surface area contributed by atoms with Crippen molar-refractivity contribution in [3.63, 3.8) is 0 Å². The van der Waals surface area contributed by atoms with E-state index in [1.807, 2.05) is 37.3 Å². The largest absolute Gasteiger partial charge is 0.256 e. The van der Waals surface area contributed by atoms with E-state index in [1.54, 1.807) is 42.5 Å². The minimum Gasteiger partial charge on any atom is -0.206 e. The molecule has 32 heavy (non-hydrogen) atoms. The first kappa shape index (κ1) is 22.4. The third kappa shape index (κ3) is 4.54. The van der Waals surface area contributed by atoms with Crippen LogP contribution in [0.15, 0.2) is 107 Å². The lowest BCUT2D eigenvalue weighted by Gasteiger charge is -2.21. The third-order valence-corrected chi connectivity index (χ3v) is 10.3. The van der Waals surface area contributed by atoms with Gasteiger partial charge in [-0.3, -0.25) is 0 Å². The molecule has 0 radical (unpaired) electrons. The summed E-state index contributed by atoms with van der Waals surface area (Å²) in [4.78, 5) is 1.42. The molecule has 164 valence electrons. The van der Waals surface area contributed by atoms with Crippen molar-refractivity contribution in [2.45, 2.75) is 23.3 Å². The maximum atomic E-state index is 13.4. The van der Waals surface area contributed by atoms with Crippen molar-refractivity contribution in [3.05, 3.63) is 108 Å². The van der Waals surface area contributed by atoms with Crippen LogP contribution in [-0.2, 0) is 26.6 Å². The molecule has 0 aliphatic carbocycles. The van der Waals surface area contributed by atoms with Crippen molar-refractivity contribution in [3.8, 4) is 10.4 Å². The van der Waals surface area contributed by atoms with E-state index in [-0.39, 0.29) is 16.3 Å². The van der Waals surface area contributed by atoms with Gasteiger partial charge in [-0.1, -0.05) is 69.9 Å². The van der Waals surface area contributed by atoms with E-state index in [4.69, 9.17) is 0 Å². The number of aryl methyl sites for hydroxylation is 1. The highest BCUT2D eigenvalue weighted by molar-refractivity contribution is 8.04. The molecule has 5 nitrogen and oxygen atoms in total. The lowest BCUT2D eigenvalue weighted by molar-refractivity contribution is 0.496. The summed E-state index contributed by atoms with van der Waals surface area (Å²) in [5.74, 6) is 0. The summed E-state index contributed by atoms with van der Waals surface area (Å²) >= 11 is 1.37. The van der Waals surface area contributed by atoms with Crippen molar-refractivity contribution in [2.24, 2.45) is 0 Å². The van der Waals surface area contributed by atoms with Gasteiger partial charge in [-0.25, -0.2) is 16.8 Å². The first-order chi connectivity index (χ1) is 15.3. The molecule has 0 aliphatic rings. The molecule has 0 fully saturated rings. The van der Waals surface area contributed by atoms with Gasteiger partial charge in [0.1, 0.15) is 0 Å². The molecule has 0 saturated heterocycles. The molecule has 4 aromatic rings. The van der Waals surface area contributed by atoms with Gasteiger partial charge in [-0.2, -0.15) is 0 Å². The summed E-state index contributed by atoms with van der Waals surface area (Å²) in [6, 6.07) is 26.9. The van der Waals surface area contributed by atoms with Crippen LogP contribution in [0.5, 0.6) is 0 Å². The van der Waals surface area contributed by atoms with Crippen LogP contribution in [0.3, 0.4) is 0 Å². The average Bonchev–Trinajstić information content (AvgIpc) is 3.28. The Bertz CT molecular complexity index is 1340. The zero-order chi connectivity index (χ0) is 22.8. The average molecular weight is 484 g/mol. The second-order valence-corrected chi connectivity index (χ2v) is 12.3. The molecule has 0 atom stereocenters. The molecule has 1 heterocycles. The van der Waals surface area contributed by atoms with Gasteiger partial charge in [0, 0.05) is 9.75 Å². The van der Waals surface area contributed by atoms with Crippen molar-refractivity contribution < 1.29 is 16.8 Å². The Hall–Kier alpha value is -2.78. The predicted octanol–water partition coefficient (Wildman–Crippen LogP) is 5.30. The van der Waals surface area contributed by atoms with Crippen LogP contribution >= 0.6 is 11.3 Å². The number of nitrogens with zero attached hydrogens (tertiary/aromatic N) is 1. The normalized spacial score (nSPS) is 12.2. The smallest absolute Gasteiger partial charge is 0.206 e. The molecular formula is C24H21NO4S3. The standard InChI is InChI=1S/C24H21NO4S3/c1-19-12-14-20(15-13-19)24-17-16-21(30-24)18-25(31(26,27)22-8-4-2-5-9-22)32(28,29)23-10-6-3-7-11-23/h2-17H,18H2,1H3. The minimum absolute atomic E-state index is 0.0742. The topological polar surface area (TPSA) is 71.5 Å². The second kappa shape index (κ2) is 8.99. The highest BCUT2D eigenvalue weighted by Gasteiger charge is 2.37. The fourth-order valence-corrected chi connectivity index (χ4v) is 7.99. The van der Waals surface area contributed by atoms with Crippen molar-refractivity contribution in [1.29, 1.82) is 0 Å². The van der Waals surface area contributed by atoms with E-state index in [9.17, 15) is 16.8 Å². The first-order valence-corrected chi connectivity index (χ1v) is 13.5. The highest BCUT2D eigenvalue weighted by Crippen LogP contribution is 2.32. The van der Waals surface area contributed by atoms with E-state index in [1.165, 1.54) is 35.6 Å². The quantitative estimate of drug-likeness (QED) is 0.357. The van der Waals surface area contributed by atoms with Crippen LogP contribution < -0.4 is 0 Å². The number of benzene rings is 3. The SMILES string of the molecule is Cc1ccc(-c2ccc(CN(S(=O)(=O)c3ccccc3)S(=O)(=O)c3ccccc3)s2)cc1. The second-order valence-electron chi connectivity index (χ2n) is 7.20. The first-order valence-electron chi connectivity index (χ1n) is 9.82.